The van der Waals surface area contributed by atoms with E-state index < -0.39 is 0 Å². The Morgan fingerprint density at radius 3 is 2.83 bits per heavy atom. The molecule has 0 amide bonds. The molecule has 1 aliphatic carbocycles. The molecule has 3 aromatic heterocycles. The first kappa shape index (κ1) is 20.1. The number of hydrogen-bond acceptors (Lipinski definition) is 8. The molecular weight excluding hydrogens is 402 g/mol. The average Bonchev–Trinajstić information content (AvgIpc) is 2.72. The normalized spacial score (nSPS) is 13.9. The molecule has 0 bridgehead atoms. The predicted molar refractivity (Wildman–Crippen MR) is 117 cm³/mol. The summed E-state index contributed by atoms with van der Waals surface area (Å²) < 4.78 is 5.11. The van der Waals surface area contributed by atoms with Gasteiger partial charge in [0.1, 0.15) is 16.6 Å². The van der Waals surface area contributed by atoms with Gasteiger partial charge in [-0.15, -0.1) is 11.8 Å². The Kier molecular flexibility index (Phi) is 6.60. The van der Waals surface area contributed by atoms with E-state index in [0.29, 0.717) is 11.6 Å². The van der Waals surface area contributed by atoms with Gasteiger partial charge in [-0.05, 0) is 36.5 Å². The van der Waals surface area contributed by atoms with Gasteiger partial charge in [0.15, 0.2) is 5.65 Å². The van der Waals surface area contributed by atoms with E-state index in [0.717, 1.165) is 63.2 Å². The first-order valence-corrected chi connectivity index (χ1v) is 11.7. The fourth-order valence-electron chi connectivity index (χ4n) is 3.24. The summed E-state index contributed by atoms with van der Waals surface area (Å²) >= 11 is 3.41. The van der Waals surface area contributed by atoms with Crippen molar-refractivity contribution < 1.29 is 4.74 Å². The Morgan fingerprint density at radius 2 is 2.07 bits per heavy atom. The SMILES string of the molecule is COCCSCSc1nc(-c2cnc3nccnc3c2)cc(C2CCC2)c1C#N. The van der Waals surface area contributed by atoms with Gasteiger partial charge in [0.2, 0.25) is 0 Å². The van der Waals surface area contributed by atoms with Gasteiger partial charge in [-0.2, -0.15) is 5.26 Å². The summed E-state index contributed by atoms with van der Waals surface area (Å²) in [6.07, 6.45) is 8.57. The summed E-state index contributed by atoms with van der Waals surface area (Å²) in [4.78, 5) is 17.9. The molecule has 0 spiro atoms. The minimum absolute atomic E-state index is 0.445. The van der Waals surface area contributed by atoms with Gasteiger partial charge in [-0.25, -0.2) is 15.0 Å². The number of nitrogens with zero attached hydrogens (tertiary/aromatic N) is 5. The van der Waals surface area contributed by atoms with E-state index in [9.17, 15) is 5.26 Å². The Labute approximate surface area is 178 Å². The van der Waals surface area contributed by atoms with Gasteiger partial charge in [-0.1, -0.05) is 18.2 Å². The molecule has 0 aromatic carbocycles. The van der Waals surface area contributed by atoms with Gasteiger partial charge < -0.3 is 4.74 Å². The maximum absolute atomic E-state index is 9.85. The van der Waals surface area contributed by atoms with E-state index in [1.54, 1.807) is 49.2 Å². The van der Waals surface area contributed by atoms with Crippen molar-refractivity contribution in [3.05, 3.63) is 41.9 Å². The number of hydrogen-bond donors (Lipinski definition) is 0. The minimum atomic E-state index is 0.445. The van der Waals surface area contributed by atoms with Crippen LogP contribution in [0.1, 0.15) is 36.3 Å². The van der Waals surface area contributed by atoms with Crippen molar-refractivity contribution in [2.45, 2.75) is 30.2 Å². The van der Waals surface area contributed by atoms with Crippen molar-refractivity contribution >= 4 is 34.7 Å². The maximum atomic E-state index is 9.85. The van der Waals surface area contributed by atoms with Crippen LogP contribution in [0.25, 0.3) is 22.4 Å². The fraction of sp³-hybridized carbons (Fsp3) is 0.381. The molecule has 1 saturated carbocycles. The quantitative estimate of drug-likeness (QED) is 0.294. The van der Waals surface area contributed by atoms with Gasteiger partial charge in [0, 0.05) is 42.1 Å². The number of rotatable bonds is 8. The van der Waals surface area contributed by atoms with E-state index in [1.165, 1.54) is 6.42 Å². The van der Waals surface area contributed by atoms with E-state index in [2.05, 4.69) is 27.1 Å². The number of thioether (sulfide) groups is 2. The zero-order valence-corrected chi connectivity index (χ0v) is 17.8. The van der Waals surface area contributed by atoms with Crippen molar-refractivity contribution in [1.29, 1.82) is 5.26 Å². The number of aromatic nitrogens is 4. The third-order valence-corrected chi connectivity index (χ3v) is 7.17. The van der Waals surface area contributed by atoms with Gasteiger partial charge in [-0.3, -0.25) is 4.98 Å². The predicted octanol–water partition coefficient (Wildman–Crippen LogP) is 4.66. The lowest BCUT2D eigenvalue weighted by atomic mass is 9.78. The largest absolute Gasteiger partial charge is 0.384 e. The van der Waals surface area contributed by atoms with Crippen molar-refractivity contribution in [3.63, 3.8) is 0 Å². The van der Waals surface area contributed by atoms with Gasteiger partial charge in [0.25, 0.3) is 0 Å². The lowest BCUT2D eigenvalue weighted by Crippen LogP contribution is -2.12. The van der Waals surface area contributed by atoms with Crippen LogP contribution in [-0.2, 0) is 4.74 Å². The highest BCUT2D eigenvalue weighted by Gasteiger charge is 2.26. The van der Waals surface area contributed by atoms with E-state index in [4.69, 9.17) is 9.72 Å². The summed E-state index contributed by atoms with van der Waals surface area (Å²) in [6.45, 7) is 0.723. The molecule has 0 radical (unpaired) electrons. The Balaban J connectivity index is 1.70. The molecule has 1 aliphatic rings. The molecule has 0 atom stereocenters. The van der Waals surface area contributed by atoms with Crippen molar-refractivity contribution in [3.8, 4) is 17.3 Å². The number of ether oxygens (including phenoxy) is 1. The molecule has 0 N–H and O–H groups in total. The lowest BCUT2D eigenvalue weighted by molar-refractivity contribution is 0.219. The second-order valence-electron chi connectivity index (χ2n) is 6.80. The summed E-state index contributed by atoms with van der Waals surface area (Å²) in [5, 5.41) is 11.5. The standard InChI is InChI=1S/C21H21N5OS2/c1-27-7-8-28-13-29-21-17(11-22)16(14-3-2-4-14)10-18(26-21)15-9-19-20(25-12-15)24-6-5-23-19/h5-6,9-10,12,14H,2-4,7-8,13H2,1H3. The smallest absolute Gasteiger partial charge is 0.178 e. The van der Waals surface area contributed by atoms with Crippen LogP contribution in [0, 0.1) is 11.3 Å². The zero-order valence-electron chi connectivity index (χ0n) is 16.2. The first-order valence-electron chi connectivity index (χ1n) is 9.52. The average molecular weight is 424 g/mol. The van der Waals surface area contributed by atoms with Crippen molar-refractivity contribution in [2.75, 3.05) is 24.6 Å². The second-order valence-corrected chi connectivity index (χ2v) is 9.24. The maximum Gasteiger partial charge on any atom is 0.178 e. The topological polar surface area (TPSA) is 84.6 Å². The second kappa shape index (κ2) is 9.53. The minimum Gasteiger partial charge on any atom is -0.384 e. The van der Waals surface area contributed by atoms with Crippen LogP contribution in [0.4, 0.5) is 0 Å². The molecule has 6 nitrogen and oxygen atoms in total. The molecule has 8 heteroatoms. The molecule has 0 aliphatic heterocycles. The van der Waals surface area contributed by atoms with Crippen molar-refractivity contribution in [1.82, 2.24) is 19.9 Å². The van der Waals surface area contributed by atoms with Crippen LogP contribution >= 0.6 is 23.5 Å². The summed E-state index contributed by atoms with van der Waals surface area (Å²) in [7, 11) is 1.71. The highest BCUT2D eigenvalue weighted by Crippen LogP contribution is 2.41. The van der Waals surface area contributed by atoms with Crippen LogP contribution in [0.3, 0.4) is 0 Å². The molecule has 3 aromatic rings. The summed E-state index contributed by atoms with van der Waals surface area (Å²) in [5.74, 6) is 1.37. The molecule has 3 heterocycles. The third kappa shape index (κ3) is 4.53. The Hall–Kier alpha value is -2.21. The fourth-order valence-corrected chi connectivity index (χ4v) is 5.25. The zero-order chi connectivity index (χ0) is 20.1. The molecular formula is C21H21N5OS2. The number of methoxy groups -OCH3 is 1. The van der Waals surface area contributed by atoms with E-state index in [-0.39, 0.29) is 0 Å². The molecule has 0 unspecified atom stereocenters. The van der Waals surface area contributed by atoms with Gasteiger partial charge >= 0.3 is 0 Å². The highest BCUT2D eigenvalue weighted by molar-refractivity contribution is 8.16. The monoisotopic (exact) mass is 423 g/mol. The van der Waals surface area contributed by atoms with Crippen molar-refractivity contribution in [2.24, 2.45) is 0 Å². The first-order chi connectivity index (χ1) is 14.3. The number of pyridine rings is 2. The van der Waals surface area contributed by atoms with E-state index in [1.807, 2.05) is 6.07 Å². The van der Waals surface area contributed by atoms with Crippen LogP contribution in [-0.4, -0.2) is 44.5 Å². The Bertz CT molecular complexity index is 1050. The molecule has 29 heavy (non-hydrogen) atoms. The van der Waals surface area contributed by atoms with Crippen LogP contribution in [0.5, 0.6) is 0 Å². The molecule has 148 valence electrons. The molecule has 1 fully saturated rings. The third-order valence-electron chi connectivity index (χ3n) is 5.00. The highest BCUT2D eigenvalue weighted by atomic mass is 32.2. The van der Waals surface area contributed by atoms with Crippen LogP contribution < -0.4 is 0 Å². The number of nitriles is 1. The Morgan fingerprint density at radius 1 is 1.21 bits per heavy atom. The number of fused-ring (bicyclic) bond motifs is 1. The van der Waals surface area contributed by atoms with E-state index >= 15 is 0 Å². The van der Waals surface area contributed by atoms with Gasteiger partial charge in [0.05, 0.1) is 17.9 Å². The lowest BCUT2D eigenvalue weighted by Gasteiger charge is -2.27. The molecule has 0 saturated heterocycles. The van der Waals surface area contributed by atoms with Crippen LogP contribution in [0.2, 0.25) is 0 Å². The summed E-state index contributed by atoms with van der Waals surface area (Å²) in [5.41, 5.74) is 4.95. The molecule has 4 rings (SSSR count). The summed E-state index contributed by atoms with van der Waals surface area (Å²) in [6, 6.07) is 6.46. The van der Waals surface area contributed by atoms with Crippen LogP contribution in [0.15, 0.2) is 35.7 Å².